The van der Waals surface area contributed by atoms with Gasteiger partial charge in [-0.1, -0.05) is 6.07 Å². The van der Waals surface area contributed by atoms with Crippen molar-refractivity contribution in [2.45, 2.75) is 30.8 Å². The maximum Gasteiger partial charge on any atom is 0.265 e. The predicted octanol–water partition coefficient (Wildman–Crippen LogP) is 3.70. The number of anilines is 1. The monoisotopic (exact) mass is 386 g/mol. The maximum atomic E-state index is 13.7. The van der Waals surface area contributed by atoms with E-state index < -0.39 is 21.9 Å². The third-order valence-electron chi connectivity index (χ3n) is 4.96. The van der Waals surface area contributed by atoms with E-state index in [0.29, 0.717) is 35.0 Å². The lowest BCUT2D eigenvalue weighted by molar-refractivity contribution is 0.168. The Kier molecular flexibility index (Phi) is 4.36. The van der Waals surface area contributed by atoms with Crippen LogP contribution in [-0.2, 0) is 10.0 Å². The molecule has 0 aliphatic carbocycles. The van der Waals surface area contributed by atoms with Crippen molar-refractivity contribution in [2.24, 2.45) is 0 Å². The van der Waals surface area contributed by atoms with Gasteiger partial charge in [-0.15, -0.1) is 0 Å². The summed E-state index contributed by atoms with van der Waals surface area (Å²) in [5, 5.41) is 10.9. The van der Waals surface area contributed by atoms with Gasteiger partial charge in [-0.3, -0.25) is 9.29 Å². The summed E-state index contributed by atoms with van der Waals surface area (Å²) in [5.74, 6) is -0.503. The van der Waals surface area contributed by atoms with Gasteiger partial charge in [0.05, 0.1) is 22.2 Å². The first kappa shape index (κ1) is 17.9. The highest BCUT2D eigenvalue weighted by Crippen LogP contribution is 2.37. The number of halogens is 1. The molecule has 1 aliphatic rings. The van der Waals surface area contributed by atoms with Crippen LogP contribution < -0.4 is 4.31 Å². The summed E-state index contributed by atoms with van der Waals surface area (Å²) < 4.78 is 42.1. The molecule has 0 spiro atoms. The fourth-order valence-corrected chi connectivity index (χ4v) is 5.32. The first-order valence-corrected chi connectivity index (χ1v) is 10.2. The maximum absolute atomic E-state index is 13.7. The van der Waals surface area contributed by atoms with Gasteiger partial charge < -0.3 is 5.11 Å². The number of aromatic nitrogens is 1. The van der Waals surface area contributed by atoms with Gasteiger partial charge in [-0.25, -0.2) is 12.8 Å². The Morgan fingerprint density at radius 2 is 2.04 bits per heavy atom. The number of nitrogens with zero attached hydrogens (tertiary/aromatic N) is 2. The number of rotatable bonds is 2. The van der Waals surface area contributed by atoms with E-state index in [2.05, 4.69) is 4.98 Å². The number of aryl methyl sites for hydroxylation is 1. The molecule has 7 heteroatoms. The Labute approximate surface area is 157 Å². The van der Waals surface area contributed by atoms with Crippen LogP contribution in [-0.4, -0.2) is 25.1 Å². The van der Waals surface area contributed by atoms with Crippen LogP contribution in [0, 0.1) is 12.7 Å². The van der Waals surface area contributed by atoms with E-state index in [4.69, 9.17) is 0 Å². The quantitative estimate of drug-likeness (QED) is 0.729. The van der Waals surface area contributed by atoms with Crippen LogP contribution in [0.2, 0.25) is 0 Å². The minimum Gasteiger partial charge on any atom is -0.388 e. The van der Waals surface area contributed by atoms with Gasteiger partial charge in [-0.2, -0.15) is 0 Å². The fraction of sp³-hybridized carbons (Fsp3) is 0.250. The number of hydrogen-bond acceptors (Lipinski definition) is 4. The summed E-state index contributed by atoms with van der Waals surface area (Å²) in [4.78, 5) is 4.47. The summed E-state index contributed by atoms with van der Waals surface area (Å²) >= 11 is 0. The molecule has 5 nitrogen and oxygen atoms in total. The Hall–Kier alpha value is -2.51. The van der Waals surface area contributed by atoms with E-state index in [9.17, 15) is 17.9 Å². The molecule has 1 aliphatic heterocycles. The molecular weight excluding hydrogens is 367 g/mol. The average molecular weight is 386 g/mol. The van der Waals surface area contributed by atoms with Crippen molar-refractivity contribution in [3.63, 3.8) is 0 Å². The molecule has 1 aromatic heterocycles. The number of fused-ring (bicyclic) bond motifs is 2. The SMILES string of the molecule is Cc1ccc(S(=O)(=O)N2CCC[C@@H](O)c3cc(F)ccc32)c2cccnc12. The molecule has 4 rings (SSSR count). The van der Waals surface area contributed by atoms with Gasteiger partial charge in [0.25, 0.3) is 10.0 Å². The Balaban J connectivity index is 1.93. The molecule has 140 valence electrons. The third kappa shape index (κ3) is 2.96. The van der Waals surface area contributed by atoms with Crippen LogP contribution in [0.25, 0.3) is 10.9 Å². The predicted molar refractivity (Wildman–Crippen MR) is 102 cm³/mol. The zero-order chi connectivity index (χ0) is 19.2. The lowest BCUT2D eigenvalue weighted by Gasteiger charge is -2.25. The van der Waals surface area contributed by atoms with Gasteiger partial charge in [0.2, 0.25) is 0 Å². The molecule has 0 fully saturated rings. The average Bonchev–Trinajstić information content (AvgIpc) is 2.81. The minimum atomic E-state index is -3.92. The fourth-order valence-electron chi connectivity index (χ4n) is 3.60. The van der Waals surface area contributed by atoms with Crippen molar-refractivity contribution in [3.05, 3.63) is 65.6 Å². The Morgan fingerprint density at radius 3 is 2.85 bits per heavy atom. The summed E-state index contributed by atoms with van der Waals surface area (Å²) in [5.41, 5.74) is 2.13. The topological polar surface area (TPSA) is 70.5 Å². The molecule has 0 saturated carbocycles. The number of aliphatic hydroxyl groups is 1. The van der Waals surface area contributed by atoms with Gasteiger partial charge >= 0.3 is 0 Å². The molecule has 0 amide bonds. The standard InChI is InChI=1S/C20H19FN2O3S/c1-13-6-9-19(15-4-2-10-22-20(13)15)27(25,26)23-11-3-5-18(24)16-12-14(21)7-8-17(16)23/h2,4,6-10,12,18,24H,3,5,11H2,1H3/t18-/m1/s1. The molecule has 0 saturated heterocycles. The van der Waals surface area contributed by atoms with Gasteiger partial charge in [0.15, 0.2) is 0 Å². The van der Waals surface area contributed by atoms with Gasteiger partial charge in [-0.05, 0) is 61.7 Å². The van der Waals surface area contributed by atoms with Crippen molar-refractivity contribution >= 4 is 26.6 Å². The van der Waals surface area contributed by atoms with Crippen molar-refractivity contribution in [3.8, 4) is 0 Å². The van der Waals surface area contributed by atoms with Crippen LogP contribution >= 0.6 is 0 Å². The van der Waals surface area contributed by atoms with Crippen LogP contribution in [0.15, 0.2) is 53.6 Å². The first-order chi connectivity index (χ1) is 12.9. The minimum absolute atomic E-state index is 0.155. The number of sulfonamides is 1. The molecule has 0 unspecified atom stereocenters. The molecule has 3 aromatic rings. The highest BCUT2D eigenvalue weighted by Gasteiger charge is 2.32. The molecule has 2 aromatic carbocycles. The molecule has 1 atom stereocenters. The number of benzene rings is 2. The highest BCUT2D eigenvalue weighted by atomic mass is 32.2. The second-order valence-electron chi connectivity index (χ2n) is 6.72. The Morgan fingerprint density at radius 1 is 1.22 bits per heavy atom. The molecule has 0 radical (unpaired) electrons. The smallest absolute Gasteiger partial charge is 0.265 e. The largest absolute Gasteiger partial charge is 0.388 e. The van der Waals surface area contributed by atoms with Gasteiger partial charge in [0.1, 0.15) is 5.82 Å². The molecule has 0 bridgehead atoms. The normalized spacial score (nSPS) is 17.6. The molecular formula is C20H19FN2O3S. The van der Waals surface area contributed by atoms with Crippen molar-refractivity contribution in [1.29, 1.82) is 0 Å². The van der Waals surface area contributed by atoms with Crippen LogP contribution in [0.4, 0.5) is 10.1 Å². The van der Waals surface area contributed by atoms with E-state index in [-0.39, 0.29) is 11.4 Å². The van der Waals surface area contributed by atoms with E-state index in [1.807, 2.05) is 6.92 Å². The number of hydrogen-bond donors (Lipinski definition) is 1. The van der Waals surface area contributed by atoms with E-state index in [1.165, 1.54) is 22.5 Å². The zero-order valence-corrected chi connectivity index (χ0v) is 15.6. The van der Waals surface area contributed by atoms with Crippen molar-refractivity contribution in [1.82, 2.24) is 4.98 Å². The van der Waals surface area contributed by atoms with Gasteiger partial charge in [0, 0.05) is 23.7 Å². The second-order valence-corrected chi connectivity index (χ2v) is 8.55. The first-order valence-electron chi connectivity index (χ1n) is 8.74. The lowest BCUT2D eigenvalue weighted by atomic mass is 10.0. The number of aliphatic hydroxyl groups excluding tert-OH is 1. The molecule has 2 heterocycles. The summed E-state index contributed by atoms with van der Waals surface area (Å²) in [7, 11) is -3.92. The lowest BCUT2D eigenvalue weighted by Crippen LogP contribution is -2.32. The van der Waals surface area contributed by atoms with Crippen molar-refractivity contribution < 1.29 is 17.9 Å². The summed E-state index contributed by atoms with van der Waals surface area (Å²) in [6, 6.07) is 10.6. The van der Waals surface area contributed by atoms with E-state index in [0.717, 1.165) is 5.56 Å². The summed E-state index contributed by atoms with van der Waals surface area (Å²) in [6.07, 6.45) is 1.58. The van der Waals surface area contributed by atoms with Crippen molar-refractivity contribution in [2.75, 3.05) is 10.8 Å². The second kappa shape index (κ2) is 6.58. The van der Waals surface area contributed by atoms with Crippen LogP contribution in [0.3, 0.4) is 0 Å². The van der Waals surface area contributed by atoms with Crippen LogP contribution in [0.5, 0.6) is 0 Å². The molecule has 1 N–H and O–H groups in total. The number of pyridine rings is 1. The zero-order valence-electron chi connectivity index (χ0n) is 14.8. The highest BCUT2D eigenvalue weighted by molar-refractivity contribution is 7.93. The third-order valence-corrected chi connectivity index (χ3v) is 6.83. The van der Waals surface area contributed by atoms with E-state index in [1.54, 1.807) is 30.5 Å². The summed E-state index contributed by atoms with van der Waals surface area (Å²) in [6.45, 7) is 2.10. The van der Waals surface area contributed by atoms with Crippen LogP contribution in [0.1, 0.15) is 30.1 Å². The molecule has 27 heavy (non-hydrogen) atoms. The Bertz CT molecular complexity index is 1130. The van der Waals surface area contributed by atoms with E-state index >= 15 is 0 Å².